The van der Waals surface area contributed by atoms with E-state index in [1.807, 2.05) is 61.2 Å². The van der Waals surface area contributed by atoms with Crippen LogP contribution in [0, 0.1) is 0 Å². The Morgan fingerprint density at radius 1 is 1.17 bits per heavy atom. The second kappa shape index (κ2) is 6.35. The van der Waals surface area contributed by atoms with Crippen molar-refractivity contribution in [3.8, 4) is 5.69 Å². The molecule has 0 fully saturated rings. The number of amides is 1. The number of rotatable bonds is 4. The van der Waals surface area contributed by atoms with Crippen LogP contribution in [0.4, 0.5) is 0 Å². The van der Waals surface area contributed by atoms with E-state index in [1.165, 1.54) is 0 Å². The van der Waals surface area contributed by atoms with Crippen LogP contribution in [0.2, 0.25) is 0 Å². The minimum absolute atomic E-state index is 0.0808. The van der Waals surface area contributed by atoms with Crippen LogP contribution in [0.25, 0.3) is 5.69 Å². The summed E-state index contributed by atoms with van der Waals surface area (Å²) in [5.74, 6) is 1.19. The van der Waals surface area contributed by atoms with Crippen LogP contribution in [0.1, 0.15) is 17.8 Å². The fourth-order valence-corrected chi connectivity index (χ4v) is 3.24. The average Bonchev–Trinajstić information content (AvgIpc) is 3.26. The number of aryl methyl sites for hydroxylation is 1. The summed E-state index contributed by atoms with van der Waals surface area (Å²) in [4.78, 5) is 16.6. The third-order valence-corrected chi connectivity index (χ3v) is 4.50. The summed E-state index contributed by atoms with van der Waals surface area (Å²) in [6.07, 6.45) is 10.1. The van der Waals surface area contributed by atoms with Gasteiger partial charge in [0.05, 0.1) is 6.42 Å². The van der Waals surface area contributed by atoms with E-state index in [0.29, 0.717) is 6.42 Å². The molecule has 1 aromatic carbocycles. The lowest BCUT2D eigenvalue weighted by atomic mass is 10.1. The number of carbonyl (C=O) groups excluding carboxylic acids is 1. The maximum atomic E-state index is 12.3. The van der Waals surface area contributed by atoms with E-state index in [1.54, 1.807) is 0 Å². The molecule has 0 bridgehead atoms. The van der Waals surface area contributed by atoms with E-state index in [-0.39, 0.29) is 11.9 Å². The van der Waals surface area contributed by atoms with Crippen molar-refractivity contribution in [3.63, 3.8) is 0 Å². The second-order valence-corrected chi connectivity index (χ2v) is 6.23. The minimum Gasteiger partial charge on any atom is -0.351 e. The van der Waals surface area contributed by atoms with Crippen LogP contribution in [0.3, 0.4) is 0 Å². The molecule has 1 aliphatic heterocycles. The van der Waals surface area contributed by atoms with Crippen LogP contribution in [-0.4, -0.2) is 26.1 Å². The summed E-state index contributed by atoms with van der Waals surface area (Å²) in [5, 5.41) is 3.15. The van der Waals surface area contributed by atoms with Crippen molar-refractivity contribution in [3.05, 3.63) is 72.6 Å². The van der Waals surface area contributed by atoms with Gasteiger partial charge in [0.25, 0.3) is 0 Å². The zero-order valence-electron chi connectivity index (χ0n) is 13.4. The lowest BCUT2D eigenvalue weighted by molar-refractivity contribution is -0.121. The Morgan fingerprint density at radius 2 is 1.96 bits per heavy atom. The quantitative estimate of drug-likeness (QED) is 0.802. The third kappa shape index (κ3) is 3.11. The van der Waals surface area contributed by atoms with Crippen molar-refractivity contribution >= 4 is 5.91 Å². The molecule has 0 aliphatic carbocycles. The van der Waals surface area contributed by atoms with Gasteiger partial charge in [-0.05, 0) is 36.2 Å². The Balaban J connectivity index is 1.35. The average molecular weight is 320 g/mol. The summed E-state index contributed by atoms with van der Waals surface area (Å²) in [6.45, 7) is 0.813. The van der Waals surface area contributed by atoms with Gasteiger partial charge in [-0.15, -0.1) is 0 Å². The highest BCUT2D eigenvalue weighted by molar-refractivity contribution is 5.78. The lowest BCUT2D eigenvalue weighted by Crippen LogP contribution is -2.41. The molecule has 5 heteroatoms. The Morgan fingerprint density at radius 3 is 2.75 bits per heavy atom. The largest absolute Gasteiger partial charge is 0.351 e. The summed E-state index contributed by atoms with van der Waals surface area (Å²) in [7, 11) is 0. The minimum atomic E-state index is 0.0808. The van der Waals surface area contributed by atoms with Gasteiger partial charge in [-0.1, -0.05) is 12.1 Å². The molecule has 0 saturated carbocycles. The van der Waals surface area contributed by atoms with Gasteiger partial charge in [-0.3, -0.25) is 4.79 Å². The van der Waals surface area contributed by atoms with Crippen molar-refractivity contribution < 1.29 is 4.79 Å². The summed E-state index contributed by atoms with van der Waals surface area (Å²) in [6, 6.07) is 12.3. The van der Waals surface area contributed by atoms with Gasteiger partial charge in [0, 0.05) is 49.5 Å². The Labute approximate surface area is 140 Å². The number of hydrogen-bond acceptors (Lipinski definition) is 2. The highest BCUT2D eigenvalue weighted by Crippen LogP contribution is 2.14. The molecule has 0 spiro atoms. The number of nitrogens with zero attached hydrogens (tertiary/aromatic N) is 3. The molecule has 1 N–H and O–H groups in total. The molecule has 0 unspecified atom stereocenters. The fourth-order valence-electron chi connectivity index (χ4n) is 3.24. The van der Waals surface area contributed by atoms with Gasteiger partial charge in [0.2, 0.25) is 5.91 Å². The second-order valence-electron chi connectivity index (χ2n) is 6.23. The molecule has 1 amide bonds. The predicted octanol–water partition coefficient (Wildman–Crippen LogP) is 2.35. The van der Waals surface area contributed by atoms with Crippen LogP contribution < -0.4 is 5.32 Å². The zero-order valence-corrected chi connectivity index (χ0v) is 13.4. The van der Waals surface area contributed by atoms with Gasteiger partial charge >= 0.3 is 0 Å². The fraction of sp³-hybridized carbons (Fsp3) is 0.263. The van der Waals surface area contributed by atoms with E-state index in [9.17, 15) is 4.79 Å². The first-order valence-electron chi connectivity index (χ1n) is 8.29. The summed E-state index contributed by atoms with van der Waals surface area (Å²) < 4.78 is 4.18. The van der Waals surface area contributed by atoms with Gasteiger partial charge in [0.1, 0.15) is 5.82 Å². The Hall–Kier alpha value is -2.82. The molecule has 5 nitrogen and oxygen atoms in total. The van der Waals surface area contributed by atoms with E-state index in [4.69, 9.17) is 0 Å². The normalized spacial score (nSPS) is 16.6. The van der Waals surface area contributed by atoms with Gasteiger partial charge in [0.15, 0.2) is 0 Å². The first-order valence-corrected chi connectivity index (χ1v) is 8.29. The molecule has 0 saturated heterocycles. The van der Waals surface area contributed by atoms with E-state index in [0.717, 1.165) is 36.5 Å². The highest BCUT2D eigenvalue weighted by atomic mass is 16.1. The van der Waals surface area contributed by atoms with E-state index < -0.39 is 0 Å². The zero-order chi connectivity index (χ0) is 16.4. The van der Waals surface area contributed by atoms with E-state index in [2.05, 4.69) is 19.4 Å². The molecule has 4 rings (SSSR count). The van der Waals surface area contributed by atoms with Gasteiger partial charge in [-0.2, -0.15) is 0 Å². The van der Waals surface area contributed by atoms with Crippen LogP contribution in [0.5, 0.6) is 0 Å². The van der Waals surface area contributed by atoms with Crippen LogP contribution in [0.15, 0.2) is 61.2 Å². The number of hydrogen-bond donors (Lipinski definition) is 1. The van der Waals surface area contributed by atoms with E-state index >= 15 is 0 Å². The molecule has 3 aromatic rings. The van der Waals surface area contributed by atoms with Crippen molar-refractivity contribution in [1.82, 2.24) is 19.4 Å². The number of aromatic nitrogens is 3. The standard InChI is InChI=1S/C19H20N4O/c24-19(21-16-5-8-18-20-9-12-23(18)14-16)13-15-3-6-17(7-4-15)22-10-1-2-11-22/h1-4,6-7,9-12,16H,5,8,13-14H2,(H,21,24)/t16-/m0/s1. The first-order chi connectivity index (χ1) is 11.8. The van der Waals surface area contributed by atoms with Crippen LogP contribution in [-0.2, 0) is 24.2 Å². The first kappa shape index (κ1) is 14.8. The molecule has 1 aliphatic rings. The SMILES string of the molecule is O=C(Cc1ccc(-n2cccc2)cc1)N[C@H]1CCc2nccn2C1. The number of imidazole rings is 1. The molecule has 1 atom stereocenters. The number of carbonyl (C=O) groups is 1. The predicted molar refractivity (Wildman–Crippen MR) is 92.0 cm³/mol. The lowest BCUT2D eigenvalue weighted by Gasteiger charge is -2.24. The molecular formula is C19H20N4O. The number of nitrogens with one attached hydrogen (secondary N) is 1. The molecule has 3 heterocycles. The third-order valence-electron chi connectivity index (χ3n) is 4.50. The number of benzene rings is 1. The van der Waals surface area contributed by atoms with Crippen molar-refractivity contribution in [2.24, 2.45) is 0 Å². The molecule has 0 radical (unpaired) electrons. The topological polar surface area (TPSA) is 51.9 Å². The summed E-state index contributed by atoms with van der Waals surface area (Å²) in [5.41, 5.74) is 2.13. The number of fused-ring (bicyclic) bond motifs is 1. The van der Waals surface area contributed by atoms with Crippen molar-refractivity contribution in [2.75, 3.05) is 0 Å². The molecule has 2 aromatic heterocycles. The monoisotopic (exact) mass is 320 g/mol. The Bertz CT molecular complexity index is 817. The highest BCUT2D eigenvalue weighted by Gasteiger charge is 2.20. The molecule has 24 heavy (non-hydrogen) atoms. The molecular weight excluding hydrogens is 300 g/mol. The van der Waals surface area contributed by atoms with Crippen molar-refractivity contribution in [2.45, 2.75) is 31.8 Å². The van der Waals surface area contributed by atoms with Gasteiger partial charge in [-0.25, -0.2) is 4.98 Å². The summed E-state index contributed by atoms with van der Waals surface area (Å²) >= 11 is 0. The van der Waals surface area contributed by atoms with Gasteiger partial charge < -0.3 is 14.5 Å². The smallest absolute Gasteiger partial charge is 0.224 e. The maximum absolute atomic E-state index is 12.3. The maximum Gasteiger partial charge on any atom is 0.224 e. The Kier molecular flexibility index (Phi) is 3.91. The van der Waals surface area contributed by atoms with Crippen LogP contribution >= 0.6 is 0 Å². The molecule has 122 valence electrons. The van der Waals surface area contributed by atoms with Crippen molar-refractivity contribution in [1.29, 1.82) is 0 Å².